The third kappa shape index (κ3) is 4.14. The summed E-state index contributed by atoms with van der Waals surface area (Å²) >= 11 is 12.2. The van der Waals surface area contributed by atoms with Crippen LogP contribution in [0.5, 0.6) is 5.75 Å². The van der Waals surface area contributed by atoms with Gasteiger partial charge in [0.25, 0.3) is 0 Å². The van der Waals surface area contributed by atoms with E-state index in [2.05, 4.69) is 17.7 Å². The zero-order chi connectivity index (χ0) is 20.4. The zero-order valence-corrected chi connectivity index (χ0v) is 17.5. The molecule has 3 atom stereocenters. The highest BCUT2D eigenvalue weighted by Crippen LogP contribution is 2.48. The molecule has 0 aromatic heterocycles. The summed E-state index contributed by atoms with van der Waals surface area (Å²) in [5.74, 6) is 1.07. The lowest BCUT2D eigenvalue weighted by Crippen LogP contribution is -2.53. The predicted molar refractivity (Wildman–Crippen MR) is 114 cm³/mol. The number of alkyl halides is 1. The minimum atomic E-state index is -0.286. The number of ether oxygens (including phenoxy) is 1. The Morgan fingerprint density at radius 3 is 2.62 bits per heavy atom. The van der Waals surface area contributed by atoms with Gasteiger partial charge in [-0.05, 0) is 23.8 Å². The molecule has 2 aromatic rings. The van der Waals surface area contributed by atoms with Crippen LogP contribution in [0.3, 0.4) is 0 Å². The number of carbonyl (C=O) groups is 1. The Balaban J connectivity index is 1.73. The number of rotatable bonds is 7. The van der Waals surface area contributed by atoms with Crippen molar-refractivity contribution in [1.82, 2.24) is 5.43 Å². The van der Waals surface area contributed by atoms with Crippen molar-refractivity contribution in [2.24, 2.45) is 5.73 Å². The SMILES string of the molecule is NC(=O)CCC[N+]1(CCCl)C=C2C(N1)c1ccccc1OC2c1ccc(Cl)cc1. The highest BCUT2D eigenvalue weighted by Gasteiger charge is 2.46. The van der Waals surface area contributed by atoms with Crippen molar-refractivity contribution in [3.63, 3.8) is 0 Å². The molecule has 29 heavy (non-hydrogen) atoms. The third-order valence-corrected chi connectivity index (χ3v) is 5.95. The van der Waals surface area contributed by atoms with Crippen molar-refractivity contribution >= 4 is 29.1 Å². The number of quaternary nitrogens is 1. The number of hydrogen-bond donors (Lipinski definition) is 2. The van der Waals surface area contributed by atoms with Crippen LogP contribution in [-0.4, -0.2) is 29.5 Å². The van der Waals surface area contributed by atoms with Crippen LogP contribution in [0.25, 0.3) is 0 Å². The monoisotopic (exact) mass is 432 g/mol. The van der Waals surface area contributed by atoms with Gasteiger partial charge in [-0.15, -0.1) is 11.6 Å². The lowest BCUT2D eigenvalue weighted by Gasteiger charge is -2.34. The average molecular weight is 433 g/mol. The molecule has 0 fully saturated rings. The Labute approximate surface area is 180 Å². The first-order valence-corrected chi connectivity index (χ1v) is 10.6. The number of amides is 1. The standard InChI is InChI=1S/C22H23Cl2N3O2/c23-11-13-27(12-3-6-20(25)28)14-18-21(26-27)17-4-1-2-5-19(17)29-22(18)15-7-9-16(24)10-8-15/h1-2,4-5,7-10,14,21-22,26H,3,6,11-13H2,(H-,25,28)/p+1. The molecule has 0 spiro atoms. The number of nitrogens with one attached hydrogen (secondary N) is 1. The largest absolute Gasteiger partial charge is 0.481 e. The minimum Gasteiger partial charge on any atom is -0.481 e. The van der Waals surface area contributed by atoms with Crippen LogP contribution in [0.4, 0.5) is 0 Å². The van der Waals surface area contributed by atoms with Gasteiger partial charge >= 0.3 is 0 Å². The maximum Gasteiger partial charge on any atom is 0.217 e. The number of carbonyl (C=O) groups excluding carboxylic acids is 1. The fourth-order valence-corrected chi connectivity index (χ4v) is 4.60. The number of para-hydroxylation sites is 1. The number of benzene rings is 2. The average Bonchev–Trinajstić information content (AvgIpc) is 3.08. The second-order valence-electron chi connectivity index (χ2n) is 7.52. The molecule has 0 saturated carbocycles. The molecule has 0 saturated heterocycles. The van der Waals surface area contributed by atoms with Gasteiger partial charge in [0.15, 0.2) is 6.10 Å². The lowest BCUT2D eigenvalue weighted by atomic mass is 9.89. The molecule has 4 rings (SSSR count). The van der Waals surface area contributed by atoms with Crippen LogP contribution in [0.1, 0.15) is 36.1 Å². The molecule has 152 valence electrons. The van der Waals surface area contributed by atoms with Gasteiger partial charge in [0.1, 0.15) is 31.1 Å². The first-order valence-electron chi connectivity index (χ1n) is 9.74. The normalized spacial score (nSPS) is 25.0. The van der Waals surface area contributed by atoms with Crippen molar-refractivity contribution in [1.29, 1.82) is 0 Å². The van der Waals surface area contributed by atoms with E-state index in [1.165, 1.54) is 0 Å². The van der Waals surface area contributed by atoms with Crippen molar-refractivity contribution < 1.29 is 14.1 Å². The molecule has 3 N–H and O–H groups in total. The summed E-state index contributed by atoms with van der Waals surface area (Å²) in [5.41, 5.74) is 12.4. The molecule has 1 amide bonds. The van der Waals surface area contributed by atoms with E-state index in [0.717, 1.165) is 29.0 Å². The molecule has 2 aromatic carbocycles. The molecule has 3 unspecified atom stereocenters. The number of nitrogens with zero attached hydrogens (tertiary/aromatic N) is 1. The topological polar surface area (TPSA) is 64.4 Å². The molecule has 2 aliphatic heterocycles. The highest BCUT2D eigenvalue weighted by atomic mass is 35.5. The first kappa shape index (κ1) is 20.2. The molecule has 0 radical (unpaired) electrons. The van der Waals surface area contributed by atoms with Gasteiger partial charge in [0.2, 0.25) is 5.91 Å². The van der Waals surface area contributed by atoms with Crippen molar-refractivity contribution in [3.05, 3.63) is 76.5 Å². The summed E-state index contributed by atoms with van der Waals surface area (Å²) in [6.45, 7) is 1.43. The van der Waals surface area contributed by atoms with E-state index in [0.29, 0.717) is 34.9 Å². The maximum absolute atomic E-state index is 11.2. The smallest absolute Gasteiger partial charge is 0.217 e. The maximum atomic E-state index is 11.2. The Hall–Kier alpha value is -2.05. The van der Waals surface area contributed by atoms with Gasteiger partial charge in [-0.2, -0.15) is 5.43 Å². The van der Waals surface area contributed by atoms with E-state index in [4.69, 9.17) is 33.7 Å². The van der Waals surface area contributed by atoms with Crippen LogP contribution in [0, 0.1) is 0 Å². The van der Waals surface area contributed by atoms with Gasteiger partial charge in [-0.3, -0.25) is 4.79 Å². The first-order chi connectivity index (χ1) is 14.0. The number of hydrogen-bond acceptors (Lipinski definition) is 3. The summed E-state index contributed by atoms with van der Waals surface area (Å²) in [4.78, 5) is 11.2. The fourth-order valence-electron chi connectivity index (χ4n) is 4.17. The van der Waals surface area contributed by atoms with Gasteiger partial charge in [0, 0.05) is 23.4 Å². The second kappa shape index (κ2) is 8.36. The van der Waals surface area contributed by atoms with Crippen molar-refractivity contribution in [2.75, 3.05) is 19.0 Å². The molecule has 2 aliphatic rings. The molecule has 2 heterocycles. The van der Waals surface area contributed by atoms with E-state index < -0.39 is 0 Å². The van der Waals surface area contributed by atoms with E-state index in [1.807, 2.05) is 42.5 Å². The summed E-state index contributed by atoms with van der Waals surface area (Å²) in [5, 5.41) is 0.693. The van der Waals surface area contributed by atoms with E-state index in [-0.39, 0.29) is 18.1 Å². The number of fused-ring (bicyclic) bond motifs is 3. The molecule has 0 aliphatic carbocycles. The fraction of sp³-hybridized carbons (Fsp3) is 0.318. The summed E-state index contributed by atoms with van der Waals surface area (Å²) < 4.78 is 6.92. The van der Waals surface area contributed by atoms with Gasteiger partial charge < -0.3 is 10.5 Å². The molecular weight excluding hydrogens is 409 g/mol. The van der Waals surface area contributed by atoms with E-state index in [1.54, 1.807) is 0 Å². The second-order valence-corrected chi connectivity index (χ2v) is 8.33. The quantitative estimate of drug-likeness (QED) is 0.507. The van der Waals surface area contributed by atoms with E-state index >= 15 is 0 Å². The summed E-state index contributed by atoms with van der Waals surface area (Å²) in [6.07, 6.45) is 3.03. The van der Waals surface area contributed by atoms with Crippen LogP contribution < -0.4 is 15.9 Å². The summed E-state index contributed by atoms with van der Waals surface area (Å²) in [6, 6.07) is 15.9. The molecule has 0 bridgehead atoms. The Kier molecular flexibility index (Phi) is 5.83. The van der Waals surface area contributed by atoms with Gasteiger partial charge in [0.05, 0.1) is 11.5 Å². The molecule has 7 heteroatoms. The van der Waals surface area contributed by atoms with Gasteiger partial charge in [-0.25, -0.2) is 4.59 Å². The Morgan fingerprint density at radius 1 is 1.14 bits per heavy atom. The Morgan fingerprint density at radius 2 is 1.90 bits per heavy atom. The van der Waals surface area contributed by atoms with E-state index in [9.17, 15) is 4.79 Å². The number of nitrogens with two attached hydrogens (primary N) is 1. The van der Waals surface area contributed by atoms with Crippen LogP contribution in [0.15, 0.2) is 60.3 Å². The van der Waals surface area contributed by atoms with Crippen molar-refractivity contribution in [2.45, 2.75) is 25.0 Å². The lowest BCUT2D eigenvalue weighted by molar-refractivity contribution is -0.918. The zero-order valence-electron chi connectivity index (χ0n) is 16.0. The predicted octanol–water partition coefficient (Wildman–Crippen LogP) is 4.24. The minimum absolute atomic E-state index is 0.0115. The third-order valence-electron chi connectivity index (χ3n) is 5.53. The summed E-state index contributed by atoms with van der Waals surface area (Å²) in [7, 11) is 0. The number of primary amides is 1. The number of halogens is 2. The van der Waals surface area contributed by atoms with Gasteiger partial charge in [-0.1, -0.05) is 41.9 Å². The van der Waals surface area contributed by atoms with Crippen LogP contribution in [0.2, 0.25) is 5.02 Å². The van der Waals surface area contributed by atoms with Crippen LogP contribution in [-0.2, 0) is 4.79 Å². The molecule has 5 nitrogen and oxygen atoms in total. The Bertz CT molecular complexity index is 932. The van der Waals surface area contributed by atoms with Crippen molar-refractivity contribution in [3.8, 4) is 5.75 Å². The highest BCUT2D eigenvalue weighted by molar-refractivity contribution is 6.30. The van der Waals surface area contributed by atoms with Crippen LogP contribution >= 0.6 is 23.2 Å². The molecular formula is C22H24Cl2N3O2+.